The zero-order valence-corrected chi connectivity index (χ0v) is 13.9. The Balaban J connectivity index is 2.00. The molecule has 120 valence electrons. The number of thiophene rings is 1. The average molecular weight is 322 g/mol. The Morgan fingerprint density at radius 2 is 2.32 bits per heavy atom. The number of hydrogen-bond donors (Lipinski definition) is 2. The van der Waals surface area contributed by atoms with E-state index in [1.54, 1.807) is 22.2 Å². The van der Waals surface area contributed by atoms with Gasteiger partial charge in [0.2, 0.25) is 0 Å². The number of likely N-dealkylation sites (N-methyl/N-ethyl adjacent to an activating group) is 1. The van der Waals surface area contributed by atoms with Gasteiger partial charge in [0, 0.05) is 18.0 Å². The van der Waals surface area contributed by atoms with Gasteiger partial charge in [-0.1, -0.05) is 5.21 Å². The molecule has 0 aliphatic heterocycles. The van der Waals surface area contributed by atoms with E-state index < -0.39 is 0 Å². The minimum atomic E-state index is -0.218. The molecule has 2 aromatic rings. The van der Waals surface area contributed by atoms with E-state index in [9.17, 15) is 4.79 Å². The Kier molecular flexibility index (Phi) is 5.64. The maximum atomic E-state index is 12.2. The quantitative estimate of drug-likeness (QED) is 0.781. The van der Waals surface area contributed by atoms with Crippen LogP contribution in [0.1, 0.15) is 27.0 Å². The van der Waals surface area contributed by atoms with Crippen LogP contribution < -0.4 is 11.1 Å². The van der Waals surface area contributed by atoms with E-state index in [1.807, 2.05) is 14.1 Å². The van der Waals surface area contributed by atoms with Gasteiger partial charge in [-0.05, 0) is 38.0 Å². The van der Waals surface area contributed by atoms with Crippen LogP contribution in [0.25, 0.3) is 0 Å². The van der Waals surface area contributed by atoms with Crippen molar-refractivity contribution in [1.82, 2.24) is 25.2 Å². The molecule has 7 nitrogen and oxygen atoms in total. The molecule has 0 radical (unpaired) electrons. The second kappa shape index (κ2) is 7.48. The molecule has 22 heavy (non-hydrogen) atoms. The monoisotopic (exact) mass is 322 g/mol. The van der Waals surface area contributed by atoms with E-state index in [0.29, 0.717) is 25.3 Å². The van der Waals surface area contributed by atoms with Crippen molar-refractivity contribution < 1.29 is 4.79 Å². The van der Waals surface area contributed by atoms with Crippen LogP contribution in [0.4, 0.5) is 0 Å². The molecule has 0 aliphatic rings. The lowest BCUT2D eigenvalue weighted by Crippen LogP contribution is -2.34. The van der Waals surface area contributed by atoms with Gasteiger partial charge in [0.15, 0.2) is 5.69 Å². The van der Waals surface area contributed by atoms with Crippen molar-refractivity contribution in [3.8, 4) is 0 Å². The summed E-state index contributed by atoms with van der Waals surface area (Å²) in [5.41, 5.74) is 7.01. The molecule has 0 saturated carbocycles. The van der Waals surface area contributed by atoms with Crippen molar-refractivity contribution in [2.24, 2.45) is 5.73 Å². The Labute approximate surface area is 134 Å². The first-order valence-corrected chi connectivity index (χ1v) is 7.99. The van der Waals surface area contributed by atoms with Crippen LogP contribution in [0.15, 0.2) is 17.6 Å². The number of carbonyl (C=O) groups is 1. The summed E-state index contributed by atoms with van der Waals surface area (Å²) in [6.45, 7) is 3.62. The Bertz CT molecular complexity index is 620. The maximum Gasteiger partial charge on any atom is 0.273 e. The minimum absolute atomic E-state index is 0.142. The number of nitrogens with one attached hydrogen (secondary N) is 1. The molecule has 2 rings (SSSR count). The molecular weight excluding hydrogens is 300 g/mol. The molecule has 0 spiro atoms. The molecule has 8 heteroatoms. The highest BCUT2D eigenvalue weighted by atomic mass is 32.1. The first-order valence-electron chi connectivity index (χ1n) is 7.11. The van der Waals surface area contributed by atoms with Crippen LogP contribution in [-0.2, 0) is 6.54 Å². The van der Waals surface area contributed by atoms with Gasteiger partial charge >= 0.3 is 0 Å². The first kappa shape index (κ1) is 16.6. The highest BCUT2D eigenvalue weighted by Gasteiger charge is 2.19. The van der Waals surface area contributed by atoms with E-state index in [2.05, 4.69) is 38.9 Å². The lowest BCUT2D eigenvalue weighted by molar-refractivity contribution is 0.0937. The molecule has 3 N–H and O–H groups in total. The zero-order chi connectivity index (χ0) is 16.1. The lowest BCUT2D eigenvalue weighted by Gasteiger charge is -2.24. The Morgan fingerprint density at radius 3 is 2.91 bits per heavy atom. The largest absolute Gasteiger partial charge is 0.349 e. The number of amides is 1. The second-order valence-electron chi connectivity index (χ2n) is 5.31. The number of nitrogens with two attached hydrogens (primary N) is 1. The van der Waals surface area contributed by atoms with Crippen molar-refractivity contribution in [2.45, 2.75) is 19.5 Å². The molecule has 1 amide bonds. The first-order chi connectivity index (χ1) is 10.5. The summed E-state index contributed by atoms with van der Waals surface area (Å²) in [5.74, 6) is -0.218. The minimum Gasteiger partial charge on any atom is -0.349 e. The fraction of sp³-hybridized carbons (Fsp3) is 0.500. The summed E-state index contributed by atoms with van der Waals surface area (Å²) in [4.78, 5) is 15.5. The van der Waals surface area contributed by atoms with Gasteiger partial charge in [0.05, 0.1) is 18.8 Å². The van der Waals surface area contributed by atoms with Gasteiger partial charge in [-0.15, -0.1) is 16.4 Å². The van der Waals surface area contributed by atoms with Gasteiger partial charge in [-0.3, -0.25) is 9.48 Å². The average Bonchev–Trinajstić information content (AvgIpc) is 3.09. The van der Waals surface area contributed by atoms with Crippen LogP contribution >= 0.6 is 11.3 Å². The fourth-order valence-electron chi connectivity index (χ4n) is 2.16. The molecule has 0 saturated heterocycles. The Hall–Kier alpha value is -1.77. The van der Waals surface area contributed by atoms with Crippen LogP contribution in [0.5, 0.6) is 0 Å². The third-order valence-electron chi connectivity index (χ3n) is 3.41. The van der Waals surface area contributed by atoms with Crippen molar-refractivity contribution in [2.75, 3.05) is 27.2 Å². The van der Waals surface area contributed by atoms with E-state index in [4.69, 9.17) is 5.73 Å². The fourth-order valence-corrected chi connectivity index (χ4v) is 3.28. The van der Waals surface area contributed by atoms with Crippen LogP contribution in [0.2, 0.25) is 0 Å². The molecule has 2 aromatic heterocycles. The maximum absolute atomic E-state index is 12.2. The van der Waals surface area contributed by atoms with Gasteiger partial charge in [-0.25, -0.2) is 0 Å². The highest BCUT2D eigenvalue weighted by molar-refractivity contribution is 7.10. The number of aryl methyl sites for hydroxylation is 1. The normalized spacial score (nSPS) is 12.6. The van der Waals surface area contributed by atoms with Gasteiger partial charge in [0.1, 0.15) is 0 Å². The third kappa shape index (κ3) is 3.90. The molecule has 0 fully saturated rings. The number of carbonyl (C=O) groups excluding carboxylic acids is 1. The topological polar surface area (TPSA) is 89.1 Å². The molecule has 0 aliphatic carbocycles. The Morgan fingerprint density at radius 1 is 1.55 bits per heavy atom. The van der Waals surface area contributed by atoms with Crippen LogP contribution in [-0.4, -0.2) is 53.0 Å². The SMILES string of the molecule is Cc1ccsc1C(CNC(=O)c1cn(CCN)nn1)N(C)C. The standard InChI is InChI=1S/C14H22N6OS/c1-10-4-7-22-13(10)12(19(2)3)8-16-14(21)11-9-20(6-5-15)18-17-11/h4,7,9,12H,5-6,8,15H2,1-3H3,(H,16,21). The summed E-state index contributed by atoms with van der Waals surface area (Å²) >= 11 is 1.71. The van der Waals surface area contributed by atoms with Crippen LogP contribution in [0, 0.1) is 6.92 Å². The van der Waals surface area contributed by atoms with Crippen LogP contribution in [0.3, 0.4) is 0 Å². The van der Waals surface area contributed by atoms with Gasteiger partial charge in [-0.2, -0.15) is 0 Å². The molecule has 0 aromatic carbocycles. The molecule has 1 atom stereocenters. The molecule has 1 unspecified atom stereocenters. The number of aromatic nitrogens is 3. The molecule has 2 heterocycles. The van der Waals surface area contributed by atoms with E-state index in [1.165, 1.54) is 10.4 Å². The predicted molar refractivity (Wildman–Crippen MR) is 86.9 cm³/mol. The van der Waals surface area contributed by atoms with Crippen molar-refractivity contribution in [3.05, 3.63) is 33.8 Å². The van der Waals surface area contributed by atoms with E-state index >= 15 is 0 Å². The predicted octanol–water partition coefficient (Wildman–Crippen LogP) is 0.639. The summed E-state index contributed by atoms with van der Waals surface area (Å²) in [6.07, 6.45) is 1.61. The molecule has 0 bridgehead atoms. The third-order valence-corrected chi connectivity index (χ3v) is 4.53. The van der Waals surface area contributed by atoms with E-state index in [0.717, 1.165) is 0 Å². The van der Waals surface area contributed by atoms with Gasteiger partial charge < -0.3 is 16.0 Å². The van der Waals surface area contributed by atoms with Crippen molar-refractivity contribution >= 4 is 17.2 Å². The smallest absolute Gasteiger partial charge is 0.273 e. The summed E-state index contributed by atoms with van der Waals surface area (Å²) in [5, 5.41) is 12.7. The summed E-state index contributed by atoms with van der Waals surface area (Å²) < 4.78 is 1.57. The second-order valence-corrected chi connectivity index (χ2v) is 6.26. The number of nitrogens with zero attached hydrogens (tertiary/aromatic N) is 4. The van der Waals surface area contributed by atoms with E-state index in [-0.39, 0.29) is 11.9 Å². The number of hydrogen-bond acceptors (Lipinski definition) is 6. The summed E-state index contributed by atoms with van der Waals surface area (Å²) in [7, 11) is 4.01. The molecular formula is C14H22N6OS. The zero-order valence-electron chi connectivity index (χ0n) is 13.1. The lowest BCUT2D eigenvalue weighted by atomic mass is 10.1. The summed E-state index contributed by atoms with van der Waals surface area (Å²) in [6, 6.07) is 2.24. The van der Waals surface area contributed by atoms with Gasteiger partial charge in [0.25, 0.3) is 5.91 Å². The highest BCUT2D eigenvalue weighted by Crippen LogP contribution is 2.26. The number of rotatable bonds is 7. The van der Waals surface area contributed by atoms with Crippen molar-refractivity contribution in [1.29, 1.82) is 0 Å². The van der Waals surface area contributed by atoms with Crippen molar-refractivity contribution in [3.63, 3.8) is 0 Å².